The van der Waals surface area contributed by atoms with E-state index in [2.05, 4.69) is 5.32 Å². The van der Waals surface area contributed by atoms with Crippen molar-refractivity contribution in [2.45, 2.75) is 31.7 Å². The summed E-state index contributed by atoms with van der Waals surface area (Å²) in [7, 11) is 0. The molecular weight excluding hydrogens is 222 g/mol. The summed E-state index contributed by atoms with van der Waals surface area (Å²) in [6.07, 6.45) is 4.83. The van der Waals surface area contributed by atoms with Crippen molar-refractivity contribution in [3.05, 3.63) is 23.8 Å². The minimum atomic E-state index is -0.626. The number of fused-ring (bicyclic) bond motifs is 2. The van der Waals surface area contributed by atoms with Crippen molar-refractivity contribution in [2.24, 2.45) is 11.8 Å². The highest BCUT2D eigenvalue weighted by atomic mass is 19.1. The number of hydrogen-bond acceptors (Lipinski definition) is 2. The average molecular weight is 238 g/mol. The molecule has 0 radical (unpaired) electrons. The maximum absolute atomic E-state index is 13.6. The van der Waals surface area contributed by atoms with Gasteiger partial charge in [-0.25, -0.2) is 8.78 Å². The monoisotopic (exact) mass is 238 g/mol. The summed E-state index contributed by atoms with van der Waals surface area (Å²) in [4.78, 5) is 0. The number of nitrogens with two attached hydrogens (primary N) is 1. The molecule has 2 nitrogen and oxygen atoms in total. The Morgan fingerprint density at radius 2 is 2.00 bits per heavy atom. The summed E-state index contributed by atoms with van der Waals surface area (Å²) < 4.78 is 26.5. The van der Waals surface area contributed by atoms with E-state index in [4.69, 9.17) is 5.73 Å². The zero-order valence-corrected chi connectivity index (χ0v) is 9.55. The van der Waals surface area contributed by atoms with Gasteiger partial charge in [-0.05, 0) is 37.2 Å². The summed E-state index contributed by atoms with van der Waals surface area (Å²) in [6.45, 7) is 0. The van der Waals surface area contributed by atoms with Gasteiger partial charge in [-0.1, -0.05) is 6.42 Å². The van der Waals surface area contributed by atoms with Gasteiger partial charge in [0, 0.05) is 12.1 Å². The van der Waals surface area contributed by atoms with Crippen LogP contribution in [0.15, 0.2) is 12.1 Å². The normalized spacial score (nSPS) is 30.8. The lowest BCUT2D eigenvalue weighted by Gasteiger charge is -2.25. The topological polar surface area (TPSA) is 38.0 Å². The molecule has 0 heterocycles. The number of rotatable bonds is 2. The third-order valence-electron chi connectivity index (χ3n) is 4.15. The number of hydrogen-bond donors (Lipinski definition) is 2. The van der Waals surface area contributed by atoms with Crippen LogP contribution in [0.2, 0.25) is 0 Å². The van der Waals surface area contributed by atoms with Crippen molar-refractivity contribution in [2.75, 3.05) is 11.1 Å². The van der Waals surface area contributed by atoms with Crippen molar-refractivity contribution in [1.29, 1.82) is 0 Å². The summed E-state index contributed by atoms with van der Waals surface area (Å²) in [6, 6.07) is 2.35. The van der Waals surface area contributed by atoms with Crippen LogP contribution < -0.4 is 11.1 Å². The molecule has 1 aromatic rings. The fraction of sp³-hybridized carbons (Fsp3) is 0.538. The van der Waals surface area contributed by atoms with Gasteiger partial charge in [0.15, 0.2) is 5.82 Å². The van der Waals surface area contributed by atoms with E-state index >= 15 is 0 Å². The van der Waals surface area contributed by atoms with E-state index in [1.807, 2.05) is 0 Å². The number of halogens is 2. The third-order valence-corrected chi connectivity index (χ3v) is 4.15. The molecule has 2 bridgehead atoms. The molecule has 3 unspecified atom stereocenters. The van der Waals surface area contributed by atoms with E-state index in [9.17, 15) is 8.78 Å². The summed E-state index contributed by atoms with van der Waals surface area (Å²) in [5.74, 6) is 0.190. The first kappa shape index (κ1) is 10.8. The Kier molecular flexibility index (Phi) is 2.45. The maximum atomic E-state index is 13.6. The van der Waals surface area contributed by atoms with Crippen LogP contribution in [0.3, 0.4) is 0 Å². The standard InChI is InChI=1S/C13H16F2N2/c14-9-5-10(15)13(11(16)6-9)17-12-4-7-1-2-8(12)3-7/h5-8,12,17H,1-4,16H2. The van der Waals surface area contributed by atoms with Crippen LogP contribution in [-0.4, -0.2) is 6.04 Å². The van der Waals surface area contributed by atoms with Crippen LogP contribution in [0.5, 0.6) is 0 Å². The molecule has 92 valence electrons. The molecule has 3 N–H and O–H groups in total. The van der Waals surface area contributed by atoms with E-state index in [0.29, 0.717) is 12.0 Å². The molecule has 1 aromatic carbocycles. The Bertz CT molecular complexity index is 424. The largest absolute Gasteiger partial charge is 0.397 e. The number of nitrogens with one attached hydrogen (secondary N) is 1. The number of nitrogen functional groups attached to an aromatic ring is 1. The first-order valence-electron chi connectivity index (χ1n) is 6.14. The van der Waals surface area contributed by atoms with E-state index in [0.717, 1.165) is 18.4 Å². The highest BCUT2D eigenvalue weighted by Gasteiger charge is 2.39. The predicted molar refractivity (Wildman–Crippen MR) is 63.6 cm³/mol. The van der Waals surface area contributed by atoms with Gasteiger partial charge in [-0.15, -0.1) is 0 Å². The van der Waals surface area contributed by atoms with Crippen molar-refractivity contribution >= 4 is 11.4 Å². The maximum Gasteiger partial charge on any atom is 0.151 e. The highest BCUT2D eigenvalue weighted by molar-refractivity contribution is 5.67. The summed E-state index contributed by atoms with van der Waals surface area (Å²) in [5, 5.41) is 3.17. The Morgan fingerprint density at radius 3 is 2.59 bits per heavy atom. The molecule has 2 aliphatic carbocycles. The Labute approximate surface area is 99.2 Å². The lowest BCUT2D eigenvalue weighted by atomic mass is 9.95. The van der Waals surface area contributed by atoms with Crippen molar-refractivity contribution in [1.82, 2.24) is 0 Å². The summed E-state index contributed by atoms with van der Waals surface area (Å²) in [5.41, 5.74) is 6.08. The molecule has 2 aliphatic rings. The second-order valence-electron chi connectivity index (χ2n) is 5.28. The Morgan fingerprint density at radius 1 is 1.18 bits per heavy atom. The van der Waals surface area contributed by atoms with Gasteiger partial charge in [0.2, 0.25) is 0 Å². The van der Waals surface area contributed by atoms with E-state index in [-0.39, 0.29) is 11.4 Å². The first-order valence-corrected chi connectivity index (χ1v) is 6.14. The van der Waals surface area contributed by atoms with Gasteiger partial charge in [0.05, 0.1) is 11.4 Å². The predicted octanol–water partition coefficient (Wildman–Crippen LogP) is 3.15. The van der Waals surface area contributed by atoms with Gasteiger partial charge < -0.3 is 11.1 Å². The van der Waals surface area contributed by atoms with Gasteiger partial charge in [0.1, 0.15) is 5.82 Å². The van der Waals surface area contributed by atoms with Gasteiger partial charge in [0.25, 0.3) is 0 Å². The average Bonchev–Trinajstić information content (AvgIpc) is 2.84. The van der Waals surface area contributed by atoms with Crippen LogP contribution in [0, 0.1) is 23.5 Å². The quantitative estimate of drug-likeness (QED) is 0.777. The lowest BCUT2D eigenvalue weighted by Crippen LogP contribution is -2.26. The lowest BCUT2D eigenvalue weighted by molar-refractivity contribution is 0.438. The SMILES string of the molecule is Nc1cc(F)cc(F)c1NC1CC2CCC1C2. The smallest absolute Gasteiger partial charge is 0.151 e. The number of anilines is 2. The fourth-order valence-corrected chi connectivity index (χ4v) is 3.35. The first-order chi connectivity index (χ1) is 8.13. The zero-order chi connectivity index (χ0) is 12.0. The molecule has 0 amide bonds. The van der Waals surface area contributed by atoms with Crippen molar-refractivity contribution in [3.63, 3.8) is 0 Å². The molecule has 4 heteroatoms. The minimum absolute atomic E-state index is 0.158. The van der Waals surface area contributed by atoms with Crippen LogP contribution in [0.25, 0.3) is 0 Å². The Hall–Kier alpha value is -1.32. The third kappa shape index (κ3) is 1.85. The molecule has 3 rings (SSSR count). The molecule has 0 saturated heterocycles. The second-order valence-corrected chi connectivity index (χ2v) is 5.28. The molecule has 3 atom stereocenters. The number of benzene rings is 1. The second kappa shape index (κ2) is 3.86. The molecule has 17 heavy (non-hydrogen) atoms. The van der Waals surface area contributed by atoms with E-state index in [1.165, 1.54) is 25.3 Å². The summed E-state index contributed by atoms with van der Waals surface area (Å²) >= 11 is 0. The Balaban J connectivity index is 1.81. The van der Waals surface area contributed by atoms with Crippen LogP contribution in [-0.2, 0) is 0 Å². The minimum Gasteiger partial charge on any atom is -0.397 e. The molecule has 0 aromatic heterocycles. The van der Waals surface area contributed by atoms with E-state index < -0.39 is 11.6 Å². The van der Waals surface area contributed by atoms with Gasteiger partial charge in [-0.2, -0.15) is 0 Å². The molecule has 2 fully saturated rings. The van der Waals surface area contributed by atoms with Crippen molar-refractivity contribution in [3.8, 4) is 0 Å². The van der Waals surface area contributed by atoms with Crippen LogP contribution in [0.1, 0.15) is 25.7 Å². The molecule has 2 saturated carbocycles. The van der Waals surface area contributed by atoms with Crippen LogP contribution >= 0.6 is 0 Å². The van der Waals surface area contributed by atoms with E-state index in [1.54, 1.807) is 0 Å². The van der Waals surface area contributed by atoms with Crippen molar-refractivity contribution < 1.29 is 8.78 Å². The highest BCUT2D eigenvalue weighted by Crippen LogP contribution is 2.46. The zero-order valence-electron chi connectivity index (χ0n) is 9.55. The molecule has 0 spiro atoms. The van der Waals surface area contributed by atoms with Crippen LogP contribution in [0.4, 0.5) is 20.2 Å². The van der Waals surface area contributed by atoms with Gasteiger partial charge >= 0.3 is 0 Å². The fourth-order valence-electron chi connectivity index (χ4n) is 3.35. The molecular formula is C13H16F2N2. The van der Waals surface area contributed by atoms with Gasteiger partial charge in [-0.3, -0.25) is 0 Å². The molecule has 0 aliphatic heterocycles.